The van der Waals surface area contributed by atoms with Crippen molar-refractivity contribution in [3.8, 4) is 0 Å². The lowest BCUT2D eigenvalue weighted by Crippen LogP contribution is -2.38. The largest absolute Gasteiger partial charge is 0.354 e. The van der Waals surface area contributed by atoms with Crippen molar-refractivity contribution < 1.29 is 9.59 Å². The zero-order valence-corrected chi connectivity index (χ0v) is 13.9. The number of hydrogen-bond acceptors (Lipinski definition) is 4. The van der Waals surface area contributed by atoms with Crippen molar-refractivity contribution in [3.63, 3.8) is 0 Å². The molecule has 0 spiro atoms. The highest BCUT2D eigenvalue weighted by molar-refractivity contribution is 5.92. The van der Waals surface area contributed by atoms with E-state index in [1.807, 2.05) is 13.8 Å². The minimum absolute atomic E-state index is 0.0449. The monoisotopic (exact) mass is 306 g/mol. The topological polar surface area (TPSA) is 75.2 Å². The molecule has 1 heterocycles. The quantitative estimate of drug-likeness (QED) is 0.795. The molecule has 122 valence electrons. The maximum Gasteiger partial charge on any atom is 0.274 e. The van der Waals surface area contributed by atoms with Crippen LogP contribution in [0.4, 0.5) is 0 Å². The summed E-state index contributed by atoms with van der Waals surface area (Å²) in [5, 5.41) is 2.84. The van der Waals surface area contributed by atoms with Gasteiger partial charge in [0.25, 0.3) is 5.91 Å². The summed E-state index contributed by atoms with van der Waals surface area (Å²) in [7, 11) is 0. The van der Waals surface area contributed by atoms with Gasteiger partial charge in [0.15, 0.2) is 0 Å². The first-order chi connectivity index (χ1) is 10.4. The molecule has 1 rings (SSSR count). The number of rotatable bonds is 8. The maximum atomic E-state index is 12.5. The van der Waals surface area contributed by atoms with Gasteiger partial charge in [-0.15, -0.1) is 0 Å². The normalized spacial score (nSPS) is 10.8. The van der Waals surface area contributed by atoms with Gasteiger partial charge in [0.2, 0.25) is 5.91 Å². The van der Waals surface area contributed by atoms with Gasteiger partial charge in [0.05, 0.1) is 6.20 Å². The third-order valence-corrected chi connectivity index (χ3v) is 3.10. The first-order valence-corrected chi connectivity index (χ1v) is 7.74. The number of aromatic nitrogens is 2. The highest BCUT2D eigenvalue weighted by atomic mass is 16.2. The molecule has 0 bridgehead atoms. The average molecular weight is 306 g/mol. The van der Waals surface area contributed by atoms with Gasteiger partial charge in [-0.1, -0.05) is 13.8 Å². The highest BCUT2D eigenvalue weighted by Gasteiger charge is 2.18. The van der Waals surface area contributed by atoms with E-state index in [2.05, 4.69) is 29.1 Å². The summed E-state index contributed by atoms with van der Waals surface area (Å²) < 4.78 is 0. The SMILES string of the molecule is CC(C)CCN(CCC(=O)NC(C)C)C(=O)c1cnccn1. The Morgan fingerprint density at radius 3 is 2.45 bits per heavy atom. The Balaban J connectivity index is 2.67. The Morgan fingerprint density at radius 2 is 1.91 bits per heavy atom. The van der Waals surface area contributed by atoms with Gasteiger partial charge in [-0.05, 0) is 26.2 Å². The van der Waals surface area contributed by atoms with Crippen molar-refractivity contribution in [1.82, 2.24) is 20.2 Å². The van der Waals surface area contributed by atoms with E-state index in [0.29, 0.717) is 31.1 Å². The molecule has 6 heteroatoms. The van der Waals surface area contributed by atoms with Crippen molar-refractivity contribution in [2.45, 2.75) is 46.6 Å². The number of amides is 2. The van der Waals surface area contributed by atoms with Gasteiger partial charge in [0, 0.05) is 37.9 Å². The zero-order chi connectivity index (χ0) is 16.5. The minimum Gasteiger partial charge on any atom is -0.354 e. The Hall–Kier alpha value is -1.98. The number of carbonyl (C=O) groups excluding carboxylic acids is 2. The van der Waals surface area contributed by atoms with E-state index in [0.717, 1.165) is 6.42 Å². The predicted octanol–water partition coefficient (Wildman–Crippen LogP) is 1.88. The molecule has 0 unspecified atom stereocenters. The minimum atomic E-state index is -0.175. The molecule has 2 amide bonds. The second-order valence-corrected chi connectivity index (χ2v) is 6.04. The first kappa shape index (κ1) is 18.1. The van der Waals surface area contributed by atoms with E-state index in [-0.39, 0.29) is 17.9 Å². The van der Waals surface area contributed by atoms with Gasteiger partial charge >= 0.3 is 0 Å². The number of hydrogen-bond donors (Lipinski definition) is 1. The lowest BCUT2D eigenvalue weighted by atomic mass is 10.1. The molecule has 0 saturated heterocycles. The molecule has 0 aliphatic heterocycles. The third-order valence-electron chi connectivity index (χ3n) is 3.10. The van der Waals surface area contributed by atoms with Crippen LogP contribution in [0.3, 0.4) is 0 Å². The van der Waals surface area contributed by atoms with Crippen LogP contribution >= 0.6 is 0 Å². The Bertz CT molecular complexity index is 474. The lowest BCUT2D eigenvalue weighted by molar-refractivity contribution is -0.121. The summed E-state index contributed by atoms with van der Waals surface area (Å²) in [5.41, 5.74) is 0.315. The van der Waals surface area contributed by atoms with Crippen LogP contribution in [0, 0.1) is 5.92 Å². The van der Waals surface area contributed by atoms with Crippen LogP contribution < -0.4 is 5.32 Å². The second-order valence-electron chi connectivity index (χ2n) is 6.04. The fraction of sp³-hybridized carbons (Fsp3) is 0.625. The van der Waals surface area contributed by atoms with Gasteiger partial charge in [-0.3, -0.25) is 14.6 Å². The number of nitrogens with one attached hydrogen (secondary N) is 1. The van der Waals surface area contributed by atoms with E-state index >= 15 is 0 Å². The molecule has 0 fully saturated rings. The van der Waals surface area contributed by atoms with E-state index in [4.69, 9.17) is 0 Å². The molecule has 0 aliphatic carbocycles. The molecule has 0 aliphatic rings. The Morgan fingerprint density at radius 1 is 1.18 bits per heavy atom. The van der Waals surface area contributed by atoms with Crippen molar-refractivity contribution in [1.29, 1.82) is 0 Å². The molecular weight excluding hydrogens is 280 g/mol. The van der Waals surface area contributed by atoms with E-state index < -0.39 is 0 Å². The number of nitrogens with zero attached hydrogens (tertiary/aromatic N) is 3. The van der Waals surface area contributed by atoms with Gasteiger partial charge in [0.1, 0.15) is 5.69 Å². The summed E-state index contributed by atoms with van der Waals surface area (Å²) in [6.07, 6.45) is 5.67. The van der Waals surface area contributed by atoms with Crippen molar-refractivity contribution in [2.24, 2.45) is 5.92 Å². The average Bonchev–Trinajstić information content (AvgIpc) is 2.46. The van der Waals surface area contributed by atoms with Crippen LogP contribution in [0.2, 0.25) is 0 Å². The number of carbonyl (C=O) groups is 2. The molecule has 0 radical (unpaired) electrons. The fourth-order valence-corrected chi connectivity index (χ4v) is 1.93. The van der Waals surface area contributed by atoms with Crippen molar-refractivity contribution >= 4 is 11.8 Å². The standard InChI is InChI=1S/C16H26N4O2/c1-12(2)5-9-20(10-6-15(21)19-13(3)4)16(22)14-11-17-7-8-18-14/h7-8,11-13H,5-6,9-10H2,1-4H3,(H,19,21). The van der Waals surface area contributed by atoms with E-state index in [1.54, 1.807) is 4.90 Å². The Labute approximate surface area is 132 Å². The van der Waals surface area contributed by atoms with E-state index in [1.165, 1.54) is 18.6 Å². The third kappa shape index (κ3) is 6.65. The molecule has 1 aromatic heterocycles. The molecular formula is C16H26N4O2. The van der Waals surface area contributed by atoms with Crippen LogP contribution in [0.5, 0.6) is 0 Å². The second kappa shape index (κ2) is 9.12. The van der Waals surface area contributed by atoms with E-state index in [9.17, 15) is 9.59 Å². The molecule has 6 nitrogen and oxygen atoms in total. The van der Waals surface area contributed by atoms with Crippen LogP contribution in [-0.4, -0.2) is 45.8 Å². The fourth-order valence-electron chi connectivity index (χ4n) is 1.93. The van der Waals surface area contributed by atoms with Gasteiger partial charge in [-0.2, -0.15) is 0 Å². The first-order valence-electron chi connectivity index (χ1n) is 7.74. The Kier molecular flexibility index (Phi) is 7.49. The van der Waals surface area contributed by atoms with Gasteiger partial charge < -0.3 is 10.2 Å². The van der Waals surface area contributed by atoms with Crippen molar-refractivity contribution in [3.05, 3.63) is 24.3 Å². The van der Waals surface area contributed by atoms with Crippen LogP contribution in [0.15, 0.2) is 18.6 Å². The molecule has 22 heavy (non-hydrogen) atoms. The molecule has 0 saturated carbocycles. The highest BCUT2D eigenvalue weighted by Crippen LogP contribution is 2.07. The summed E-state index contributed by atoms with van der Waals surface area (Å²) in [6.45, 7) is 9.05. The predicted molar refractivity (Wildman–Crippen MR) is 85.3 cm³/mol. The maximum absolute atomic E-state index is 12.5. The molecule has 0 atom stereocenters. The molecule has 1 N–H and O–H groups in total. The lowest BCUT2D eigenvalue weighted by Gasteiger charge is -2.23. The summed E-state index contributed by atoms with van der Waals surface area (Å²) >= 11 is 0. The van der Waals surface area contributed by atoms with Crippen LogP contribution in [0.25, 0.3) is 0 Å². The summed E-state index contributed by atoms with van der Waals surface area (Å²) in [5.74, 6) is 0.268. The van der Waals surface area contributed by atoms with Crippen molar-refractivity contribution in [2.75, 3.05) is 13.1 Å². The smallest absolute Gasteiger partial charge is 0.274 e. The summed E-state index contributed by atoms with van der Waals surface area (Å²) in [6, 6.07) is 0.104. The zero-order valence-electron chi connectivity index (χ0n) is 13.9. The summed E-state index contributed by atoms with van der Waals surface area (Å²) in [4.78, 5) is 33.9. The molecule has 0 aromatic carbocycles. The van der Waals surface area contributed by atoms with Crippen LogP contribution in [-0.2, 0) is 4.79 Å². The molecule has 1 aromatic rings. The van der Waals surface area contributed by atoms with Crippen LogP contribution in [0.1, 0.15) is 51.0 Å². The van der Waals surface area contributed by atoms with Gasteiger partial charge in [-0.25, -0.2) is 4.98 Å².